The monoisotopic (exact) mass is 483 g/mol. The van der Waals surface area contributed by atoms with Crippen LogP contribution in [0.15, 0.2) is 30.3 Å². The summed E-state index contributed by atoms with van der Waals surface area (Å²) in [5, 5.41) is 10.2. The summed E-state index contributed by atoms with van der Waals surface area (Å²) in [6.07, 6.45) is -3.46. The highest BCUT2D eigenvalue weighted by Gasteiger charge is 2.66. The minimum Gasteiger partial charge on any atom is -0.372 e. The average Bonchev–Trinajstić information content (AvgIpc) is 3.20. The van der Waals surface area contributed by atoms with Crippen molar-refractivity contribution < 1.29 is 41.0 Å². The van der Waals surface area contributed by atoms with Gasteiger partial charge in [0.25, 0.3) is 10.1 Å². The van der Waals surface area contributed by atoms with Crippen LogP contribution in [0, 0.1) is 11.3 Å². The maximum absolute atomic E-state index is 12.2. The molecule has 3 fully saturated rings. The fourth-order valence-corrected chi connectivity index (χ4v) is 5.14. The molecule has 4 rings (SSSR count). The van der Waals surface area contributed by atoms with Crippen molar-refractivity contribution >= 4 is 10.1 Å². The number of nitrogens with zero attached hydrogens (tertiary/aromatic N) is 1. The fraction of sp³-hybridized carbons (Fsp3) is 0.682. The van der Waals surface area contributed by atoms with Crippen LogP contribution in [0.2, 0.25) is 0 Å². The summed E-state index contributed by atoms with van der Waals surface area (Å²) in [6.45, 7) is 6.64. The van der Waals surface area contributed by atoms with Gasteiger partial charge < -0.3 is 28.4 Å². The molecule has 0 N–H and O–H groups in total. The van der Waals surface area contributed by atoms with Gasteiger partial charge in [0.05, 0.1) is 19.5 Å². The van der Waals surface area contributed by atoms with Gasteiger partial charge in [-0.3, -0.25) is 0 Å². The molecule has 182 valence electrons. The summed E-state index contributed by atoms with van der Waals surface area (Å²) in [4.78, 5) is 0. The second-order valence-electron chi connectivity index (χ2n) is 9.36. The van der Waals surface area contributed by atoms with Crippen LogP contribution in [0.25, 0.3) is 0 Å². The standard InChI is InChI=1S/C22H29NO9S/c1-20(2)28-15-16(29-20)18(27-19-17(15)30-21(3,4)31-19)22(12-23,32-33(5,24)25)13-26-11-14-9-7-6-8-10-14/h6-10,15-19H,11,13H2,1-5H3/t15-,16+,17+,18-,19+,22+/m0/s1. The van der Waals surface area contributed by atoms with E-state index in [0.717, 1.165) is 11.8 Å². The Hall–Kier alpha value is -1.62. The summed E-state index contributed by atoms with van der Waals surface area (Å²) >= 11 is 0. The van der Waals surface area contributed by atoms with E-state index in [1.54, 1.807) is 27.7 Å². The molecule has 11 heteroatoms. The van der Waals surface area contributed by atoms with E-state index in [0.29, 0.717) is 0 Å². The van der Waals surface area contributed by atoms with E-state index in [-0.39, 0.29) is 6.61 Å². The van der Waals surface area contributed by atoms with Crippen LogP contribution >= 0.6 is 0 Å². The molecule has 0 unspecified atom stereocenters. The van der Waals surface area contributed by atoms with Crippen LogP contribution in [0.3, 0.4) is 0 Å². The maximum Gasteiger partial charge on any atom is 0.266 e. The van der Waals surface area contributed by atoms with Gasteiger partial charge in [-0.2, -0.15) is 13.7 Å². The van der Waals surface area contributed by atoms with E-state index in [1.165, 1.54) is 0 Å². The number of rotatable bonds is 7. The van der Waals surface area contributed by atoms with Crippen molar-refractivity contribution in [2.24, 2.45) is 0 Å². The van der Waals surface area contributed by atoms with Crippen molar-refractivity contribution in [2.45, 2.75) is 82.2 Å². The highest BCUT2D eigenvalue weighted by atomic mass is 32.2. The first-order chi connectivity index (χ1) is 15.3. The lowest BCUT2D eigenvalue weighted by Crippen LogP contribution is -2.64. The number of benzene rings is 1. The lowest BCUT2D eigenvalue weighted by Gasteiger charge is -2.43. The Bertz CT molecular complexity index is 1010. The maximum atomic E-state index is 12.2. The van der Waals surface area contributed by atoms with E-state index >= 15 is 0 Å². The van der Waals surface area contributed by atoms with Crippen LogP contribution in [0.4, 0.5) is 0 Å². The molecule has 3 aliphatic heterocycles. The average molecular weight is 484 g/mol. The number of nitriles is 1. The van der Waals surface area contributed by atoms with Crippen LogP contribution in [-0.2, 0) is 49.3 Å². The Kier molecular flexibility index (Phi) is 6.35. The van der Waals surface area contributed by atoms with Crippen molar-refractivity contribution in [1.29, 1.82) is 5.26 Å². The summed E-state index contributed by atoms with van der Waals surface area (Å²) in [6, 6.07) is 11.3. The van der Waals surface area contributed by atoms with Crippen molar-refractivity contribution in [3.8, 4) is 6.07 Å². The van der Waals surface area contributed by atoms with Gasteiger partial charge in [-0.15, -0.1) is 0 Å². The highest BCUT2D eigenvalue weighted by Crippen LogP contribution is 2.47. The Morgan fingerprint density at radius 3 is 2.24 bits per heavy atom. The third-order valence-corrected chi connectivity index (χ3v) is 6.13. The molecule has 0 aromatic heterocycles. The van der Waals surface area contributed by atoms with Gasteiger partial charge in [0.15, 0.2) is 17.9 Å². The fourth-order valence-electron chi connectivity index (χ4n) is 4.42. The molecule has 1 aromatic carbocycles. The van der Waals surface area contributed by atoms with Crippen molar-refractivity contribution in [3.05, 3.63) is 35.9 Å². The van der Waals surface area contributed by atoms with Crippen molar-refractivity contribution in [1.82, 2.24) is 0 Å². The zero-order valence-corrected chi connectivity index (χ0v) is 20.0. The second-order valence-corrected chi connectivity index (χ2v) is 10.9. The van der Waals surface area contributed by atoms with Crippen LogP contribution in [0.5, 0.6) is 0 Å². The first-order valence-electron chi connectivity index (χ1n) is 10.6. The molecule has 1 aromatic rings. The van der Waals surface area contributed by atoms with Crippen LogP contribution < -0.4 is 0 Å². The summed E-state index contributed by atoms with van der Waals surface area (Å²) < 4.78 is 65.7. The third-order valence-electron chi connectivity index (χ3n) is 5.53. The quantitative estimate of drug-likeness (QED) is 0.531. The van der Waals surface area contributed by atoms with Gasteiger partial charge in [-0.1, -0.05) is 30.3 Å². The Morgan fingerprint density at radius 2 is 1.61 bits per heavy atom. The lowest BCUT2D eigenvalue weighted by atomic mass is 9.87. The van der Waals surface area contributed by atoms with Gasteiger partial charge in [-0.05, 0) is 33.3 Å². The van der Waals surface area contributed by atoms with E-state index in [9.17, 15) is 13.7 Å². The number of hydrogen-bond donors (Lipinski definition) is 0. The third kappa shape index (κ3) is 5.23. The molecule has 0 bridgehead atoms. The van der Waals surface area contributed by atoms with E-state index in [1.807, 2.05) is 36.4 Å². The van der Waals surface area contributed by atoms with E-state index in [2.05, 4.69) is 0 Å². The molecule has 33 heavy (non-hydrogen) atoms. The first kappa shape index (κ1) is 24.5. The highest BCUT2D eigenvalue weighted by molar-refractivity contribution is 7.86. The lowest BCUT2D eigenvalue weighted by molar-refractivity contribution is -0.265. The molecule has 0 spiro atoms. The van der Waals surface area contributed by atoms with E-state index < -0.39 is 64.6 Å². The van der Waals surface area contributed by atoms with Crippen molar-refractivity contribution in [3.63, 3.8) is 0 Å². The van der Waals surface area contributed by atoms with Gasteiger partial charge in [-0.25, -0.2) is 4.18 Å². The smallest absolute Gasteiger partial charge is 0.266 e. The van der Waals surface area contributed by atoms with Crippen LogP contribution in [0.1, 0.15) is 33.3 Å². The minimum atomic E-state index is -4.09. The predicted molar refractivity (Wildman–Crippen MR) is 113 cm³/mol. The Balaban J connectivity index is 1.66. The van der Waals surface area contributed by atoms with Crippen molar-refractivity contribution in [2.75, 3.05) is 12.9 Å². The molecule has 3 saturated heterocycles. The normalized spacial score (nSPS) is 34.1. The molecule has 0 saturated carbocycles. The molecular weight excluding hydrogens is 454 g/mol. The number of fused-ring (bicyclic) bond motifs is 3. The summed E-state index contributed by atoms with van der Waals surface area (Å²) in [5.74, 6) is -2.00. The van der Waals surface area contributed by atoms with Gasteiger partial charge >= 0.3 is 0 Å². The molecule has 0 amide bonds. The zero-order valence-electron chi connectivity index (χ0n) is 19.2. The Morgan fingerprint density at radius 1 is 1.00 bits per heavy atom. The Labute approximate surface area is 193 Å². The SMILES string of the molecule is CC1(C)O[C@H]2[C@@H](O1)[C@@H]([C@@](C#N)(COCc1ccccc1)OS(C)(=O)=O)O[C@@H]1OC(C)(C)O[C@@H]12. The summed E-state index contributed by atoms with van der Waals surface area (Å²) in [7, 11) is -4.09. The second kappa shape index (κ2) is 8.55. The predicted octanol–water partition coefficient (Wildman–Crippen LogP) is 1.84. The number of hydrogen-bond acceptors (Lipinski definition) is 10. The topological polar surface area (TPSA) is 123 Å². The summed E-state index contributed by atoms with van der Waals surface area (Å²) in [5.41, 5.74) is -1.21. The molecule has 0 radical (unpaired) electrons. The first-order valence-corrected chi connectivity index (χ1v) is 12.5. The molecule has 3 aliphatic rings. The number of ether oxygens (including phenoxy) is 6. The minimum absolute atomic E-state index is 0.139. The van der Waals surface area contributed by atoms with E-state index in [4.69, 9.17) is 32.6 Å². The van der Waals surface area contributed by atoms with Crippen LogP contribution in [-0.4, -0.2) is 69.2 Å². The molecule has 0 aliphatic carbocycles. The molecule has 10 nitrogen and oxygen atoms in total. The van der Waals surface area contributed by atoms with Gasteiger partial charge in [0, 0.05) is 0 Å². The molecular formula is C22H29NO9S. The largest absolute Gasteiger partial charge is 0.372 e. The van der Waals surface area contributed by atoms with Gasteiger partial charge in [0.1, 0.15) is 30.5 Å². The molecule has 6 atom stereocenters. The zero-order chi connectivity index (χ0) is 24.1. The van der Waals surface area contributed by atoms with Gasteiger partial charge in [0.2, 0.25) is 5.60 Å². The molecule has 3 heterocycles.